The molecule has 1 atom stereocenters. The molecule has 0 radical (unpaired) electrons. The van der Waals surface area contributed by atoms with Gasteiger partial charge >= 0.3 is 5.97 Å². The van der Waals surface area contributed by atoms with Crippen molar-refractivity contribution in [2.24, 2.45) is 0 Å². The third-order valence-electron chi connectivity index (χ3n) is 3.31. The number of nitrogens with one attached hydrogen (secondary N) is 1. The Morgan fingerprint density at radius 1 is 1.32 bits per heavy atom. The van der Waals surface area contributed by atoms with Gasteiger partial charge in [0.2, 0.25) is 11.7 Å². The van der Waals surface area contributed by atoms with Crippen LogP contribution in [0.15, 0.2) is 28.7 Å². The molecule has 2 heterocycles. The molecule has 1 aromatic carbocycles. The molecule has 116 valence electrons. The van der Waals surface area contributed by atoms with Gasteiger partial charge in [0.05, 0.1) is 0 Å². The number of thioether (sulfide) groups is 2. The topological polar surface area (TPSA) is 79.5 Å². The van der Waals surface area contributed by atoms with Crippen LogP contribution in [0.3, 0.4) is 0 Å². The molecule has 2 aromatic rings. The van der Waals surface area contributed by atoms with Gasteiger partial charge in [0.1, 0.15) is 5.58 Å². The summed E-state index contributed by atoms with van der Waals surface area (Å²) in [6, 6.07) is 6.58. The lowest BCUT2D eigenvalue weighted by Crippen LogP contribution is -2.22. The standard InChI is InChI=1S/C15H15NO4S2/c17-14(7-11-8-21-3-4-22-11)16-10-1-2-12-9(5-10)6-13(20-12)15(18)19/h1-2,5-6,11H,3-4,7-8H2,(H,16,17)(H,18,19). The molecule has 0 bridgehead atoms. The Labute approximate surface area is 135 Å². The average Bonchev–Trinajstić information content (AvgIpc) is 2.91. The molecule has 1 unspecified atom stereocenters. The van der Waals surface area contributed by atoms with E-state index in [9.17, 15) is 9.59 Å². The SMILES string of the molecule is O=C(CC1CSCCS1)Nc1ccc2oc(C(=O)O)cc2c1. The molecule has 2 N–H and O–H groups in total. The summed E-state index contributed by atoms with van der Waals surface area (Å²) < 4.78 is 5.19. The van der Waals surface area contributed by atoms with Crippen molar-refractivity contribution in [3.63, 3.8) is 0 Å². The molecule has 22 heavy (non-hydrogen) atoms. The van der Waals surface area contributed by atoms with Crippen molar-refractivity contribution >= 4 is 52.1 Å². The van der Waals surface area contributed by atoms with Crippen molar-refractivity contribution in [2.45, 2.75) is 11.7 Å². The van der Waals surface area contributed by atoms with Gasteiger partial charge in [-0.15, -0.1) is 0 Å². The van der Waals surface area contributed by atoms with E-state index in [1.807, 2.05) is 23.5 Å². The van der Waals surface area contributed by atoms with Gasteiger partial charge in [-0.3, -0.25) is 4.79 Å². The van der Waals surface area contributed by atoms with Crippen molar-refractivity contribution in [2.75, 3.05) is 22.6 Å². The lowest BCUT2D eigenvalue weighted by molar-refractivity contribution is -0.116. The van der Waals surface area contributed by atoms with E-state index in [0.29, 0.717) is 28.3 Å². The first-order valence-corrected chi connectivity index (χ1v) is 9.08. The van der Waals surface area contributed by atoms with Crippen LogP contribution in [-0.2, 0) is 4.79 Å². The summed E-state index contributed by atoms with van der Waals surface area (Å²) in [7, 11) is 0. The van der Waals surface area contributed by atoms with Gasteiger partial charge in [0.25, 0.3) is 0 Å². The first-order chi connectivity index (χ1) is 10.6. The Hall–Kier alpha value is -1.60. The van der Waals surface area contributed by atoms with Gasteiger partial charge in [-0.2, -0.15) is 23.5 Å². The molecular weight excluding hydrogens is 322 g/mol. The molecule has 5 nitrogen and oxygen atoms in total. The fraction of sp³-hybridized carbons (Fsp3) is 0.333. The minimum Gasteiger partial charge on any atom is -0.475 e. The quantitative estimate of drug-likeness (QED) is 0.891. The third-order valence-corrected chi connectivity index (χ3v) is 6.15. The van der Waals surface area contributed by atoms with Crippen LogP contribution in [0.1, 0.15) is 17.0 Å². The number of rotatable bonds is 4. The first kappa shape index (κ1) is 15.3. The number of carbonyl (C=O) groups is 2. The third kappa shape index (κ3) is 3.59. The lowest BCUT2D eigenvalue weighted by Gasteiger charge is -2.20. The van der Waals surface area contributed by atoms with E-state index >= 15 is 0 Å². The highest BCUT2D eigenvalue weighted by atomic mass is 32.2. The summed E-state index contributed by atoms with van der Waals surface area (Å²) in [6.45, 7) is 0. The number of anilines is 1. The van der Waals surface area contributed by atoms with Crippen molar-refractivity contribution in [1.29, 1.82) is 0 Å². The maximum atomic E-state index is 12.1. The highest BCUT2D eigenvalue weighted by Gasteiger charge is 2.18. The maximum Gasteiger partial charge on any atom is 0.371 e. The number of amides is 1. The van der Waals surface area contributed by atoms with E-state index in [2.05, 4.69) is 5.32 Å². The molecule has 0 aliphatic carbocycles. The van der Waals surface area contributed by atoms with Crippen LogP contribution in [0.5, 0.6) is 0 Å². The summed E-state index contributed by atoms with van der Waals surface area (Å²) in [5, 5.41) is 12.8. The monoisotopic (exact) mass is 337 g/mol. The van der Waals surface area contributed by atoms with Crippen LogP contribution < -0.4 is 5.32 Å². The number of furan rings is 1. The molecule has 7 heteroatoms. The second-order valence-electron chi connectivity index (χ2n) is 4.99. The predicted molar refractivity (Wildman–Crippen MR) is 90.0 cm³/mol. The molecule has 1 saturated heterocycles. The molecule has 0 spiro atoms. The molecule has 1 amide bonds. The number of fused-ring (bicyclic) bond motifs is 1. The fourth-order valence-corrected chi connectivity index (χ4v) is 4.98. The number of carbonyl (C=O) groups excluding carboxylic acids is 1. The number of hydrogen-bond donors (Lipinski definition) is 2. The van der Waals surface area contributed by atoms with Crippen LogP contribution in [0.4, 0.5) is 5.69 Å². The minimum atomic E-state index is -1.10. The second-order valence-corrected chi connectivity index (χ2v) is 7.55. The van der Waals surface area contributed by atoms with Crippen molar-refractivity contribution in [3.05, 3.63) is 30.0 Å². The summed E-state index contributed by atoms with van der Waals surface area (Å²) in [5.41, 5.74) is 1.15. The van der Waals surface area contributed by atoms with Gasteiger partial charge in [0.15, 0.2) is 0 Å². The Bertz CT molecular complexity index is 707. The Kier molecular flexibility index (Phi) is 4.63. The van der Waals surface area contributed by atoms with Crippen LogP contribution in [-0.4, -0.2) is 39.5 Å². The number of hydrogen-bond acceptors (Lipinski definition) is 5. The van der Waals surface area contributed by atoms with E-state index in [4.69, 9.17) is 9.52 Å². The molecular formula is C15H15NO4S2. The molecule has 1 aliphatic heterocycles. The van der Waals surface area contributed by atoms with Crippen LogP contribution in [0.25, 0.3) is 11.0 Å². The van der Waals surface area contributed by atoms with E-state index < -0.39 is 5.97 Å². The van der Waals surface area contributed by atoms with Crippen LogP contribution in [0, 0.1) is 0 Å². The predicted octanol–water partition coefficient (Wildman–Crippen LogP) is 3.31. The molecule has 1 aromatic heterocycles. The van der Waals surface area contributed by atoms with E-state index in [-0.39, 0.29) is 11.7 Å². The lowest BCUT2D eigenvalue weighted by atomic mass is 10.2. The largest absolute Gasteiger partial charge is 0.475 e. The van der Waals surface area contributed by atoms with Crippen LogP contribution in [0.2, 0.25) is 0 Å². The summed E-state index contributed by atoms with van der Waals surface area (Å²) in [6.07, 6.45) is 0.501. The summed E-state index contributed by atoms with van der Waals surface area (Å²) >= 11 is 3.74. The number of carboxylic acids is 1. The van der Waals surface area contributed by atoms with E-state index in [0.717, 1.165) is 17.3 Å². The van der Waals surface area contributed by atoms with Crippen LogP contribution >= 0.6 is 23.5 Å². The highest BCUT2D eigenvalue weighted by Crippen LogP contribution is 2.27. The number of benzene rings is 1. The van der Waals surface area contributed by atoms with Crippen molar-refractivity contribution in [3.8, 4) is 0 Å². The Balaban J connectivity index is 1.67. The van der Waals surface area contributed by atoms with Gasteiger partial charge in [-0.25, -0.2) is 4.79 Å². The molecule has 3 rings (SSSR count). The van der Waals surface area contributed by atoms with E-state index in [1.165, 1.54) is 6.07 Å². The minimum absolute atomic E-state index is 0.0127. The average molecular weight is 337 g/mol. The van der Waals surface area contributed by atoms with Crippen molar-refractivity contribution in [1.82, 2.24) is 0 Å². The zero-order chi connectivity index (χ0) is 15.5. The zero-order valence-electron chi connectivity index (χ0n) is 11.7. The zero-order valence-corrected chi connectivity index (χ0v) is 13.3. The fourth-order valence-electron chi connectivity index (χ4n) is 2.30. The summed E-state index contributed by atoms with van der Waals surface area (Å²) in [5.74, 6) is 2.05. The van der Waals surface area contributed by atoms with Crippen molar-refractivity contribution < 1.29 is 19.1 Å². The van der Waals surface area contributed by atoms with E-state index in [1.54, 1.807) is 18.2 Å². The number of aromatic carboxylic acids is 1. The molecule has 1 fully saturated rings. The number of carboxylic acid groups (broad SMARTS) is 1. The Morgan fingerprint density at radius 2 is 2.18 bits per heavy atom. The normalized spacial score (nSPS) is 18.3. The second kappa shape index (κ2) is 6.66. The van der Waals surface area contributed by atoms with Gasteiger partial charge in [-0.1, -0.05) is 0 Å². The van der Waals surface area contributed by atoms with Gasteiger partial charge in [-0.05, 0) is 24.3 Å². The van der Waals surface area contributed by atoms with Gasteiger partial charge < -0.3 is 14.8 Å². The highest BCUT2D eigenvalue weighted by molar-refractivity contribution is 8.06. The summed E-state index contributed by atoms with van der Waals surface area (Å²) in [4.78, 5) is 23.0. The molecule has 1 aliphatic rings. The maximum absolute atomic E-state index is 12.1. The first-order valence-electron chi connectivity index (χ1n) is 6.88. The molecule has 0 saturated carbocycles. The van der Waals surface area contributed by atoms with Gasteiger partial charge in [0, 0.05) is 40.0 Å². The Morgan fingerprint density at radius 3 is 2.91 bits per heavy atom. The smallest absolute Gasteiger partial charge is 0.371 e.